The Hall–Kier alpha value is -2.17. The summed E-state index contributed by atoms with van der Waals surface area (Å²) in [5.74, 6) is 2.07. The van der Waals surface area contributed by atoms with E-state index in [2.05, 4.69) is 27.5 Å². The van der Waals surface area contributed by atoms with Crippen molar-refractivity contribution in [1.29, 1.82) is 0 Å². The number of carbonyl (C=O) groups is 1. The van der Waals surface area contributed by atoms with Gasteiger partial charge in [-0.15, -0.1) is 0 Å². The molecule has 2 fully saturated rings. The van der Waals surface area contributed by atoms with Gasteiger partial charge in [0.15, 0.2) is 0 Å². The molecule has 5 nitrogen and oxygen atoms in total. The van der Waals surface area contributed by atoms with E-state index in [1.165, 1.54) is 12.8 Å². The van der Waals surface area contributed by atoms with Gasteiger partial charge in [-0.05, 0) is 56.6 Å². The summed E-state index contributed by atoms with van der Waals surface area (Å²) >= 11 is 0. The van der Waals surface area contributed by atoms with Crippen LogP contribution in [0.3, 0.4) is 0 Å². The molecule has 0 aliphatic heterocycles. The Bertz CT molecular complexity index is 778. The average Bonchev–Trinajstić information content (AvgIpc) is 3.45. The van der Waals surface area contributed by atoms with Crippen LogP contribution in [0.25, 0.3) is 11.0 Å². The molecule has 138 valence electrons. The van der Waals surface area contributed by atoms with Crippen molar-refractivity contribution in [3.8, 4) is 0 Å². The van der Waals surface area contributed by atoms with E-state index in [1.807, 2.05) is 24.3 Å². The number of amides is 1. The van der Waals surface area contributed by atoms with Gasteiger partial charge in [0.05, 0.1) is 17.2 Å². The Morgan fingerprint density at radius 1 is 1.12 bits per heavy atom. The second-order valence-corrected chi connectivity index (χ2v) is 8.27. The minimum absolute atomic E-state index is 0.185. The number of benzene rings is 1. The molecule has 4 rings (SSSR count). The van der Waals surface area contributed by atoms with Crippen molar-refractivity contribution in [2.75, 3.05) is 18.4 Å². The highest BCUT2D eigenvalue weighted by molar-refractivity contribution is 5.78. The molecule has 0 bridgehead atoms. The number of carbonyl (C=O) groups excluding carboxylic acids is 1. The maximum Gasteiger partial charge on any atom is 0.223 e. The van der Waals surface area contributed by atoms with Crippen LogP contribution in [0.5, 0.6) is 0 Å². The van der Waals surface area contributed by atoms with E-state index in [0.717, 1.165) is 61.5 Å². The van der Waals surface area contributed by atoms with E-state index >= 15 is 0 Å². The number of nitrogens with one attached hydrogen (secondary N) is 2. The predicted octanol–water partition coefficient (Wildman–Crippen LogP) is 3.76. The van der Waals surface area contributed by atoms with Crippen LogP contribution in [-0.4, -0.2) is 29.0 Å². The van der Waals surface area contributed by atoms with Crippen molar-refractivity contribution in [1.82, 2.24) is 15.3 Å². The normalized spacial score (nSPS) is 24.2. The number of hydrogen-bond donors (Lipinski definition) is 2. The zero-order chi connectivity index (χ0) is 18.0. The van der Waals surface area contributed by atoms with Crippen LogP contribution in [0.4, 0.5) is 5.82 Å². The van der Waals surface area contributed by atoms with Crippen LogP contribution in [0, 0.1) is 17.3 Å². The fraction of sp³-hybridized carbons (Fsp3) is 0.571. The van der Waals surface area contributed by atoms with E-state index in [-0.39, 0.29) is 17.2 Å². The zero-order valence-corrected chi connectivity index (χ0v) is 15.5. The molecule has 5 heteroatoms. The molecule has 1 aromatic carbocycles. The highest BCUT2D eigenvalue weighted by Crippen LogP contribution is 2.45. The first-order valence-corrected chi connectivity index (χ1v) is 9.87. The predicted molar refractivity (Wildman–Crippen MR) is 104 cm³/mol. The molecule has 1 amide bonds. The first-order chi connectivity index (χ1) is 12.6. The topological polar surface area (TPSA) is 66.9 Å². The van der Waals surface area contributed by atoms with Gasteiger partial charge >= 0.3 is 0 Å². The maximum atomic E-state index is 12.4. The molecule has 2 aromatic rings. The number of rotatable bonds is 6. The van der Waals surface area contributed by atoms with E-state index < -0.39 is 0 Å². The van der Waals surface area contributed by atoms with Crippen LogP contribution in [0.1, 0.15) is 45.4 Å². The minimum atomic E-state index is 0.185. The molecule has 1 aromatic heterocycles. The van der Waals surface area contributed by atoms with Gasteiger partial charge in [-0.3, -0.25) is 9.78 Å². The molecular formula is C21H28N4O. The lowest BCUT2D eigenvalue weighted by molar-refractivity contribution is -0.126. The molecule has 2 aliphatic carbocycles. The summed E-state index contributed by atoms with van der Waals surface area (Å²) in [6, 6.07) is 7.89. The third-order valence-electron chi connectivity index (χ3n) is 6.07. The van der Waals surface area contributed by atoms with Gasteiger partial charge in [-0.1, -0.05) is 19.1 Å². The maximum absolute atomic E-state index is 12.4. The highest BCUT2D eigenvalue weighted by atomic mass is 16.1. The Morgan fingerprint density at radius 3 is 2.58 bits per heavy atom. The first-order valence-electron chi connectivity index (χ1n) is 9.87. The monoisotopic (exact) mass is 352 g/mol. The molecule has 0 spiro atoms. The summed E-state index contributed by atoms with van der Waals surface area (Å²) in [7, 11) is 0. The van der Waals surface area contributed by atoms with Gasteiger partial charge in [0, 0.05) is 24.4 Å². The van der Waals surface area contributed by atoms with Gasteiger partial charge in [-0.25, -0.2) is 4.98 Å². The highest BCUT2D eigenvalue weighted by Gasteiger charge is 2.43. The van der Waals surface area contributed by atoms with Crippen molar-refractivity contribution >= 4 is 22.8 Å². The summed E-state index contributed by atoms with van der Waals surface area (Å²) in [4.78, 5) is 21.5. The fourth-order valence-corrected chi connectivity index (χ4v) is 3.85. The Kier molecular flexibility index (Phi) is 4.79. The Balaban J connectivity index is 1.28. The van der Waals surface area contributed by atoms with Crippen LogP contribution < -0.4 is 10.6 Å². The molecule has 2 aliphatic rings. The lowest BCUT2D eigenvalue weighted by Crippen LogP contribution is -2.38. The first kappa shape index (κ1) is 17.3. The van der Waals surface area contributed by atoms with Crippen LogP contribution in [0.2, 0.25) is 0 Å². The summed E-state index contributed by atoms with van der Waals surface area (Å²) in [6.07, 6.45) is 8.57. The molecule has 0 radical (unpaired) electrons. The number of anilines is 1. The summed E-state index contributed by atoms with van der Waals surface area (Å²) in [6.45, 7) is 3.89. The smallest absolute Gasteiger partial charge is 0.223 e. The van der Waals surface area contributed by atoms with E-state index in [9.17, 15) is 4.79 Å². The van der Waals surface area contributed by atoms with Crippen molar-refractivity contribution in [2.45, 2.75) is 45.4 Å². The van der Waals surface area contributed by atoms with Gasteiger partial charge in [-0.2, -0.15) is 0 Å². The number of aromatic nitrogens is 2. The van der Waals surface area contributed by atoms with Gasteiger partial charge in [0.2, 0.25) is 5.91 Å². The molecule has 0 atom stereocenters. The van der Waals surface area contributed by atoms with Crippen LogP contribution in [-0.2, 0) is 4.79 Å². The molecule has 2 saturated carbocycles. The number of nitrogens with zero attached hydrogens (tertiary/aromatic N) is 2. The quantitative estimate of drug-likeness (QED) is 0.830. The zero-order valence-electron chi connectivity index (χ0n) is 15.5. The van der Waals surface area contributed by atoms with Crippen LogP contribution >= 0.6 is 0 Å². The largest absolute Gasteiger partial charge is 0.368 e. The molecule has 0 unspecified atom stereocenters. The van der Waals surface area contributed by atoms with Crippen LogP contribution in [0.15, 0.2) is 30.5 Å². The second-order valence-electron chi connectivity index (χ2n) is 8.27. The summed E-state index contributed by atoms with van der Waals surface area (Å²) in [5.41, 5.74) is 2.00. The Morgan fingerprint density at radius 2 is 1.85 bits per heavy atom. The molecular weight excluding hydrogens is 324 g/mol. The third kappa shape index (κ3) is 3.97. The molecule has 1 heterocycles. The number of hydrogen-bond acceptors (Lipinski definition) is 4. The lowest BCUT2D eigenvalue weighted by atomic mass is 9.82. The van der Waals surface area contributed by atoms with E-state index in [1.54, 1.807) is 6.20 Å². The van der Waals surface area contributed by atoms with Crippen molar-refractivity contribution in [2.24, 2.45) is 17.3 Å². The van der Waals surface area contributed by atoms with Crippen molar-refractivity contribution in [3.05, 3.63) is 30.5 Å². The third-order valence-corrected chi connectivity index (χ3v) is 6.07. The molecule has 2 N–H and O–H groups in total. The molecule has 0 saturated heterocycles. The minimum Gasteiger partial charge on any atom is -0.368 e. The van der Waals surface area contributed by atoms with Crippen molar-refractivity contribution in [3.63, 3.8) is 0 Å². The van der Waals surface area contributed by atoms with Gasteiger partial charge < -0.3 is 10.6 Å². The summed E-state index contributed by atoms with van der Waals surface area (Å²) < 4.78 is 0. The second kappa shape index (κ2) is 7.22. The summed E-state index contributed by atoms with van der Waals surface area (Å²) in [5, 5.41) is 6.64. The Labute approximate surface area is 155 Å². The van der Waals surface area contributed by atoms with Gasteiger partial charge in [0.1, 0.15) is 5.82 Å². The van der Waals surface area contributed by atoms with Gasteiger partial charge in [0.25, 0.3) is 0 Å². The SMILES string of the molecule is CC1CCC(C(=O)NCC2(CNc3cnc4ccccc4n3)CC2)CC1. The number of fused-ring (bicyclic) bond motifs is 1. The van der Waals surface area contributed by atoms with E-state index in [4.69, 9.17) is 0 Å². The lowest BCUT2D eigenvalue weighted by Gasteiger charge is -2.26. The molecule has 26 heavy (non-hydrogen) atoms. The standard InChI is InChI=1S/C21H28N4O/c1-15-6-8-16(9-7-15)20(26)24-14-21(10-11-21)13-23-19-12-22-17-4-2-3-5-18(17)25-19/h2-5,12,15-16H,6-11,13-14H2,1H3,(H,23,25)(H,24,26). The number of para-hydroxylation sites is 2. The van der Waals surface area contributed by atoms with Crippen molar-refractivity contribution < 1.29 is 4.79 Å². The average molecular weight is 352 g/mol. The van der Waals surface area contributed by atoms with E-state index in [0.29, 0.717) is 0 Å². The fourth-order valence-electron chi connectivity index (χ4n) is 3.85.